The highest BCUT2D eigenvalue weighted by molar-refractivity contribution is 7.07. The van der Waals surface area contributed by atoms with Gasteiger partial charge < -0.3 is 9.30 Å². The molecule has 6 heteroatoms. The van der Waals surface area contributed by atoms with E-state index in [1.54, 1.807) is 31.4 Å². The molecule has 0 saturated heterocycles. The third kappa shape index (κ3) is 4.03. The van der Waals surface area contributed by atoms with Gasteiger partial charge in [-0.05, 0) is 61.0 Å². The zero-order valence-corrected chi connectivity index (χ0v) is 14.8. The zero-order valence-electron chi connectivity index (χ0n) is 13.9. The van der Waals surface area contributed by atoms with Crippen LogP contribution in [-0.4, -0.2) is 18.3 Å². The van der Waals surface area contributed by atoms with Gasteiger partial charge in [0, 0.05) is 12.5 Å². The average Bonchev–Trinajstić information content (AvgIpc) is 3.01. The first-order chi connectivity index (χ1) is 12.1. The molecule has 0 aliphatic rings. The van der Waals surface area contributed by atoms with Crippen molar-refractivity contribution in [2.24, 2.45) is 4.99 Å². The molecular formula is C19H18F2N2OS. The summed E-state index contributed by atoms with van der Waals surface area (Å²) in [5.74, 6) is -0.565. The third-order valence-electron chi connectivity index (χ3n) is 3.78. The van der Waals surface area contributed by atoms with Crippen molar-refractivity contribution in [3.8, 4) is 11.3 Å². The maximum atomic E-state index is 13.2. The number of ether oxygens (including phenoxy) is 1. The van der Waals surface area contributed by atoms with Crippen LogP contribution >= 0.6 is 11.3 Å². The van der Waals surface area contributed by atoms with E-state index in [9.17, 15) is 8.78 Å². The normalized spacial score (nSPS) is 13.2. The SMILES string of the molecule is COCC(C)n1c(-c2ccc(F)cc2)csc1=Nc1ccc(F)cc1. The molecule has 3 nitrogen and oxygen atoms in total. The largest absolute Gasteiger partial charge is 0.383 e. The van der Waals surface area contributed by atoms with E-state index in [0.29, 0.717) is 12.3 Å². The molecule has 0 fully saturated rings. The maximum absolute atomic E-state index is 13.2. The van der Waals surface area contributed by atoms with E-state index < -0.39 is 0 Å². The van der Waals surface area contributed by atoms with Crippen molar-refractivity contribution >= 4 is 17.0 Å². The van der Waals surface area contributed by atoms with Crippen molar-refractivity contribution in [3.63, 3.8) is 0 Å². The van der Waals surface area contributed by atoms with E-state index in [-0.39, 0.29) is 17.7 Å². The number of hydrogen-bond donors (Lipinski definition) is 0. The van der Waals surface area contributed by atoms with Crippen LogP contribution in [0.25, 0.3) is 11.3 Å². The second-order valence-corrected chi connectivity index (χ2v) is 6.51. The molecule has 0 aliphatic heterocycles. The molecule has 3 aromatic rings. The predicted octanol–water partition coefficient (Wildman–Crippen LogP) is 4.93. The summed E-state index contributed by atoms with van der Waals surface area (Å²) < 4.78 is 33.7. The van der Waals surface area contributed by atoms with E-state index in [4.69, 9.17) is 4.74 Å². The van der Waals surface area contributed by atoms with Gasteiger partial charge in [-0.25, -0.2) is 13.8 Å². The van der Waals surface area contributed by atoms with E-state index >= 15 is 0 Å². The fourth-order valence-corrected chi connectivity index (χ4v) is 3.62. The molecule has 0 saturated carbocycles. The molecular weight excluding hydrogens is 342 g/mol. The van der Waals surface area contributed by atoms with Gasteiger partial charge in [0.1, 0.15) is 11.6 Å². The van der Waals surface area contributed by atoms with Gasteiger partial charge in [0.2, 0.25) is 0 Å². The molecule has 0 radical (unpaired) electrons. The van der Waals surface area contributed by atoms with Crippen molar-refractivity contribution < 1.29 is 13.5 Å². The first kappa shape index (κ1) is 17.5. The minimum atomic E-state index is -0.294. The molecule has 3 rings (SSSR count). The number of aromatic nitrogens is 1. The Morgan fingerprint density at radius 2 is 1.64 bits per heavy atom. The molecule has 25 heavy (non-hydrogen) atoms. The molecule has 0 amide bonds. The monoisotopic (exact) mass is 360 g/mol. The van der Waals surface area contributed by atoms with E-state index in [1.807, 2.05) is 12.3 Å². The molecule has 1 unspecified atom stereocenters. The lowest BCUT2D eigenvalue weighted by atomic mass is 10.1. The standard InChI is InChI=1S/C19H18F2N2OS/c1-13(11-24-2)23-18(14-3-5-15(20)6-4-14)12-25-19(23)22-17-9-7-16(21)8-10-17/h3-10,12-13H,11H2,1-2H3. The molecule has 0 spiro atoms. The Hall–Kier alpha value is -2.31. The summed E-state index contributed by atoms with van der Waals surface area (Å²) in [5, 5.41) is 1.99. The van der Waals surface area contributed by atoms with Crippen molar-refractivity contribution in [1.82, 2.24) is 4.57 Å². The highest BCUT2D eigenvalue weighted by Gasteiger charge is 2.14. The minimum Gasteiger partial charge on any atom is -0.383 e. The number of thiazole rings is 1. The van der Waals surface area contributed by atoms with Gasteiger partial charge in [-0.2, -0.15) is 0 Å². The van der Waals surface area contributed by atoms with Gasteiger partial charge in [0.25, 0.3) is 0 Å². The van der Waals surface area contributed by atoms with Crippen LogP contribution < -0.4 is 4.80 Å². The first-order valence-corrected chi connectivity index (χ1v) is 8.71. The molecule has 0 aliphatic carbocycles. The highest BCUT2D eigenvalue weighted by atomic mass is 32.1. The maximum Gasteiger partial charge on any atom is 0.190 e. The van der Waals surface area contributed by atoms with Crippen molar-refractivity contribution in [2.75, 3.05) is 13.7 Å². The Kier molecular flexibility index (Phi) is 5.40. The van der Waals surface area contributed by atoms with Gasteiger partial charge in [-0.15, -0.1) is 11.3 Å². The van der Waals surface area contributed by atoms with Crippen molar-refractivity contribution in [3.05, 3.63) is 70.3 Å². The smallest absolute Gasteiger partial charge is 0.190 e. The summed E-state index contributed by atoms with van der Waals surface area (Å²) in [5.41, 5.74) is 2.52. The Morgan fingerprint density at radius 3 is 2.24 bits per heavy atom. The Labute approximate surface area is 148 Å². The predicted molar refractivity (Wildman–Crippen MR) is 95.9 cm³/mol. The summed E-state index contributed by atoms with van der Waals surface area (Å²) in [6.45, 7) is 2.55. The summed E-state index contributed by atoms with van der Waals surface area (Å²) in [6.07, 6.45) is 0. The van der Waals surface area contributed by atoms with Gasteiger partial charge in [-0.3, -0.25) is 0 Å². The number of benzene rings is 2. The van der Waals surface area contributed by atoms with Crippen LogP contribution in [0.5, 0.6) is 0 Å². The van der Waals surface area contributed by atoms with Crippen LogP contribution in [0.3, 0.4) is 0 Å². The molecule has 1 heterocycles. The molecule has 130 valence electrons. The number of hydrogen-bond acceptors (Lipinski definition) is 3. The number of rotatable bonds is 5. The fourth-order valence-electron chi connectivity index (χ4n) is 2.60. The van der Waals surface area contributed by atoms with Crippen LogP contribution in [0.4, 0.5) is 14.5 Å². The number of halogens is 2. The van der Waals surface area contributed by atoms with Gasteiger partial charge in [-0.1, -0.05) is 0 Å². The number of methoxy groups -OCH3 is 1. The lowest BCUT2D eigenvalue weighted by Gasteiger charge is -2.16. The molecule has 0 N–H and O–H groups in total. The van der Waals surface area contributed by atoms with Crippen molar-refractivity contribution in [2.45, 2.75) is 13.0 Å². The fraction of sp³-hybridized carbons (Fsp3) is 0.211. The lowest BCUT2D eigenvalue weighted by molar-refractivity contribution is 0.162. The third-order valence-corrected chi connectivity index (χ3v) is 4.62. The Bertz CT molecular complexity index is 898. The minimum absolute atomic E-state index is 0.0375. The van der Waals surface area contributed by atoms with Crippen molar-refractivity contribution in [1.29, 1.82) is 0 Å². The second kappa shape index (κ2) is 7.72. The lowest BCUT2D eigenvalue weighted by Crippen LogP contribution is -2.22. The highest BCUT2D eigenvalue weighted by Crippen LogP contribution is 2.24. The average molecular weight is 360 g/mol. The van der Waals surface area contributed by atoms with Crippen LogP contribution in [0.1, 0.15) is 13.0 Å². The summed E-state index contributed by atoms with van der Waals surface area (Å²) >= 11 is 1.48. The van der Waals surface area contributed by atoms with Crippen LogP contribution in [0, 0.1) is 11.6 Å². The van der Waals surface area contributed by atoms with Gasteiger partial charge in [0.05, 0.1) is 24.0 Å². The molecule has 1 atom stereocenters. The van der Waals surface area contributed by atoms with Crippen LogP contribution in [0.15, 0.2) is 58.9 Å². The molecule has 1 aromatic heterocycles. The molecule has 0 bridgehead atoms. The second-order valence-electron chi connectivity index (χ2n) is 5.67. The first-order valence-electron chi connectivity index (χ1n) is 7.83. The Morgan fingerprint density at radius 1 is 1.04 bits per heavy atom. The Balaban J connectivity index is 2.12. The van der Waals surface area contributed by atoms with Gasteiger partial charge >= 0.3 is 0 Å². The molecule has 2 aromatic carbocycles. The van der Waals surface area contributed by atoms with E-state index in [2.05, 4.69) is 9.56 Å². The summed E-state index contributed by atoms with van der Waals surface area (Å²) in [4.78, 5) is 5.41. The quantitative estimate of drug-likeness (QED) is 0.633. The zero-order chi connectivity index (χ0) is 17.8. The van der Waals surface area contributed by atoms with E-state index in [1.165, 1.54) is 35.6 Å². The van der Waals surface area contributed by atoms with Gasteiger partial charge in [0.15, 0.2) is 4.80 Å². The van der Waals surface area contributed by atoms with Crippen LogP contribution in [0.2, 0.25) is 0 Å². The number of nitrogens with zero attached hydrogens (tertiary/aromatic N) is 2. The summed E-state index contributed by atoms with van der Waals surface area (Å²) in [7, 11) is 1.65. The summed E-state index contributed by atoms with van der Waals surface area (Å²) in [6, 6.07) is 12.5. The van der Waals surface area contributed by atoms with Crippen LogP contribution in [-0.2, 0) is 4.74 Å². The van der Waals surface area contributed by atoms with E-state index in [0.717, 1.165) is 16.1 Å². The topological polar surface area (TPSA) is 26.5 Å².